The van der Waals surface area contributed by atoms with E-state index < -0.39 is 17.8 Å². The van der Waals surface area contributed by atoms with Crippen LogP contribution in [0.5, 0.6) is 0 Å². The number of amides is 2. The molecule has 8 heteroatoms. The molecule has 0 unspecified atom stereocenters. The molecule has 0 atom stereocenters. The SMILES string of the molecule is O=C(NCc1ccc(C(F)(F)F)cc1)Nc1cccc2c[n+]([O-])ccc12. The summed E-state index contributed by atoms with van der Waals surface area (Å²) in [4.78, 5) is 12.1. The highest BCUT2D eigenvalue weighted by Gasteiger charge is 2.29. The fourth-order valence-electron chi connectivity index (χ4n) is 2.48. The number of rotatable bonds is 3. The van der Waals surface area contributed by atoms with Crippen LogP contribution in [0.25, 0.3) is 10.8 Å². The monoisotopic (exact) mass is 361 g/mol. The topological polar surface area (TPSA) is 68.1 Å². The minimum Gasteiger partial charge on any atom is -0.619 e. The Morgan fingerprint density at radius 1 is 1.08 bits per heavy atom. The van der Waals surface area contributed by atoms with Crippen LogP contribution in [0, 0.1) is 5.21 Å². The molecule has 2 N–H and O–H groups in total. The Kier molecular flexibility index (Phi) is 4.66. The van der Waals surface area contributed by atoms with Crippen molar-refractivity contribution in [1.29, 1.82) is 0 Å². The van der Waals surface area contributed by atoms with Gasteiger partial charge in [0.15, 0.2) is 12.4 Å². The number of benzene rings is 2. The second-order valence-corrected chi connectivity index (χ2v) is 5.62. The summed E-state index contributed by atoms with van der Waals surface area (Å²) in [7, 11) is 0. The highest BCUT2D eigenvalue weighted by Crippen LogP contribution is 2.29. The summed E-state index contributed by atoms with van der Waals surface area (Å²) in [5.74, 6) is 0. The van der Waals surface area contributed by atoms with Gasteiger partial charge in [0.05, 0.1) is 11.3 Å². The molecular weight excluding hydrogens is 347 g/mol. The van der Waals surface area contributed by atoms with Crippen molar-refractivity contribution in [3.05, 3.63) is 77.3 Å². The van der Waals surface area contributed by atoms with Gasteiger partial charge in [-0.1, -0.05) is 18.2 Å². The lowest BCUT2D eigenvalue weighted by Crippen LogP contribution is -2.28. The van der Waals surface area contributed by atoms with Gasteiger partial charge < -0.3 is 15.8 Å². The van der Waals surface area contributed by atoms with Gasteiger partial charge in [0.25, 0.3) is 0 Å². The van der Waals surface area contributed by atoms with E-state index in [0.717, 1.165) is 12.1 Å². The third kappa shape index (κ3) is 4.02. The highest BCUT2D eigenvalue weighted by molar-refractivity contribution is 6.00. The molecule has 0 radical (unpaired) electrons. The lowest BCUT2D eigenvalue weighted by atomic mass is 10.1. The Morgan fingerprint density at radius 3 is 2.50 bits per heavy atom. The number of urea groups is 1. The lowest BCUT2D eigenvalue weighted by molar-refractivity contribution is -0.603. The molecule has 0 saturated carbocycles. The zero-order chi connectivity index (χ0) is 18.7. The highest BCUT2D eigenvalue weighted by atomic mass is 19.4. The predicted molar refractivity (Wildman–Crippen MR) is 90.2 cm³/mol. The fraction of sp³-hybridized carbons (Fsp3) is 0.111. The van der Waals surface area contributed by atoms with Crippen LogP contribution in [0.4, 0.5) is 23.7 Å². The average molecular weight is 361 g/mol. The number of carbonyl (C=O) groups is 1. The molecule has 0 saturated heterocycles. The molecule has 0 aliphatic rings. The quantitative estimate of drug-likeness (QED) is 0.550. The second-order valence-electron chi connectivity index (χ2n) is 5.62. The number of aromatic nitrogens is 1. The van der Waals surface area contributed by atoms with Gasteiger partial charge in [-0.3, -0.25) is 0 Å². The number of pyridine rings is 1. The van der Waals surface area contributed by atoms with Gasteiger partial charge in [-0.15, -0.1) is 0 Å². The van der Waals surface area contributed by atoms with Crippen molar-refractivity contribution in [2.45, 2.75) is 12.7 Å². The number of alkyl halides is 3. The molecule has 0 spiro atoms. The Bertz CT molecular complexity index is 941. The summed E-state index contributed by atoms with van der Waals surface area (Å²) in [5, 5.41) is 17.9. The number of carbonyl (C=O) groups excluding carboxylic acids is 1. The summed E-state index contributed by atoms with van der Waals surface area (Å²) >= 11 is 0. The standard InChI is InChI=1S/C18H14F3N3O2/c19-18(20,21)14-6-4-12(5-7-14)10-22-17(25)23-16-3-1-2-13-11-24(26)9-8-15(13)16/h1-9,11H,10H2,(H2,22,23,25). The number of fused-ring (bicyclic) bond motifs is 1. The van der Waals surface area contributed by atoms with Crippen molar-refractivity contribution in [3.8, 4) is 0 Å². The van der Waals surface area contributed by atoms with Crippen LogP contribution in [0.15, 0.2) is 60.9 Å². The molecule has 5 nitrogen and oxygen atoms in total. The summed E-state index contributed by atoms with van der Waals surface area (Å²) in [5.41, 5.74) is 0.323. The maximum absolute atomic E-state index is 12.5. The van der Waals surface area contributed by atoms with Gasteiger partial charge in [-0.05, 0) is 29.8 Å². The van der Waals surface area contributed by atoms with E-state index in [9.17, 15) is 23.2 Å². The molecule has 1 heterocycles. The van der Waals surface area contributed by atoms with Gasteiger partial charge in [0.2, 0.25) is 0 Å². The molecule has 134 valence electrons. The second kappa shape index (κ2) is 6.91. The maximum atomic E-state index is 12.5. The zero-order valence-corrected chi connectivity index (χ0v) is 13.4. The minimum absolute atomic E-state index is 0.0787. The summed E-state index contributed by atoms with van der Waals surface area (Å²) < 4.78 is 38.2. The molecule has 3 rings (SSSR count). The molecule has 1 aromatic heterocycles. The van der Waals surface area contributed by atoms with Crippen LogP contribution in [0.2, 0.25) is 0 Å². The van der Waals surface area contributed by atoms with E-state index in [1.54, 1.807) is 24.3 Å². The Labute approximate surface area is 146 Å². The van der Waals surface area contributed by atoms with Crippen molar-refractivity contribution < 1.29 is 22.7 Å². The summed E-state index contributed by atoms with van der Waals surface area (Å²) in [6.45, 7) is 0.0787. The molecule has 3 aromatic rings. The molecule has 0 aliphatic carbocycles. The van der Waals surface area contributed by atoms with Crippen molar-refractivity contribution in [2.75, 3.05) is 5.32 Å². The van der Waals surface area contributed by atoms with Gasteiger partial charge in [-0.25, -0.2) is 4.79 Å². The lowest BCUT2D eigenvalue weighted by Gasteiger charge is -2.11. The van der Waals surface area contributed by atoms with E-state index in [2.05, 4.69) is 10.6 Å². The molecule has 26 heavy (non-hydrogen) atoms. The number of nitrogens with one attached hydrogen (secondary N) is 2. The normalized spacial score (nSPS) is 11.3. The van der Waals surface area contributed by atoms with Gasteiger partial charge in [-0.2, -0.15) is 17.9 Å². The maximum Gasteiger partial charge on any atom is 0.416 e. The first-order chi connectivity index (χ1) is 12.3. The van der Waals surface area contributed by atoms with E-state index in [1.807, 2.05) is 0 Å². The number of anilines is 1. The van der Waals surface area contributed by atoms with Gasteiger partial charge in [0, 0.05) is 23.4 Å². The first-order valence-corrected chi connectivity index (χ1v) is 7.65. The third-order valence-corrected chi connectivity index (χ3v) is 3.78. The molecule has 0 bridgehead atoms. The van der Waals surface area contributed by atoms with E-state index in [1.165, 1.54) is 24.5 Å². The van der Waals surface area contributed by atoms with Crippen LogP contribution in [-0.2, 0) is 12.7 Å². The predicted octanol–water partition coefficient (Wildman–Crippen LogP) is 3.81. The van der Waals surface area contributed by atoms with Crippen molar-refractivity contribution >= 4 is 22.5 Å². The summed E-state index contributed by atoms with van der Waals surface area (Å²) in [6.07, 6.45) is -1.67. The van der Waals surface area contributed by atoms with Crippen molar-refractivity contribution in [2.24, 2.45) is 0 Å². The number of hydrogen-bond donors (Lipinski definition) is 2. The first-order valence-electron chi connectivity index (χ1n) is 7.65. The zero-order valence-electron chi connectivity index (χ0n) is 13.4. The average Bonchev–Trinajstić information content (AvgIpc) is 2.59. The molecular formula is C18H14F3N3O2. The molecule has 2 amide bonds. The van der Waals surface area contributed by atoms with Crippen LogP contribution in [0.3, 0.4) is 0 Å². The minimum atomic E-state index is -4.39. The number of hydrogen-bond acceptors (Lipinski definition) is 2. The fourth-order valence-corrected chi connectivity index (χ4v) is 2.48. The van der Waals surface area contributed by atoms with Crippen LogP contribution >= 0.6 is 0 Å². The molecule has 2 aromatic carbocycles. The molecule has 0 fully saturated rings. The van der Waals surface area contributed by atoms with E-state index in [-0.39, 0.29) is 6.54 Å². The number of nitrogens with zero attached hydrogens (tertiary/aromatic N) is 1. The van der Waals surface area contributed by atoms with E-state index in [4.69, 9.17) is 0 Å². The third-order valence-electron chi connectivity index (χ3n) is 3.78. The van der Waals surface area contributed by atoms with Gasteiger partial charge in [0.1, 0.15) is 0 Å². The summed E-state index contributed by atoms with van der Waals surface area (Å²) in [6, 6.07) is 10.8. The van der Waals surface area contributed by atoms with E-state index >= 15 is 0 Å². The van der Waals surface area contributed by atoms with Crippen molar-refractivity contribution in [1.82, 2.24) is 5.32 Å². The van der Waals surface area contributed by atoms with E-state index in [0.29, 0.717) is 26.8 Å². The Hall–Kier alpha value is -3.29. The van der Waals surface area contributed by atoms with Crippen LogP contribution in [-0.4, -0.2) is 6.03 Å². The van der Waals surface area contributed by atoms with Crippen LogP contribution in [0.1, 0.15) is 11.1 Å². The largest absolute Gasteiger partial charge is 0.619 e. The smallest absolute Gasteiger partial charge is 0.416 e. The molecule has 0 aliphatic heterocycles. The van der Waals surface area contributed by atoms with Crippen LogP contribution < -0.4 is 15.4 Å². The Balaban J connectivity index is 1.65. The van der Waals surface area contributed by atoms with Crippen molar-refractivity contribution in [3.63, 3.8) is 0 Å². The Morgan fingerprint density at radius 2 is 1.81 bits per heavy atom. The number of halogens is 3. The van der Waals surface area contributed by atoms with Gasteiger partial charge >= 0.3 is 12.2 Å². The first kappa shape index (κ1) is 17.5.